The monoisotopic (exact) mass is 369 g/mol. The molecule has 0 aliphatic carbocycles. The van der Waals surface area contributed by atoms with Gasteiger partial charge in [-0.1, -0.05) is 18.2 Å². The van der Waals surface area contributed by atoms with E-state index in [2.05, 4.69) is 0 Å². The van der Waals surface area contributed by atoms with Gasteiger partial charge in [-0.15, -0.1) is 0 Å². The SMILES string of the molecule is CCOc1ccc(N2C(=O)S/C(=C/c3ccccc3C(=O)O)C2=O)cc1. The van der Waals surface area contributed by atoms with Crippen LogP contribution in [-0.2, 0) is 4.79 Å². The number of carbonyl (C=O) groups excluding carboxylic acids is 2. The van der Waals surface area contributed by atoms with Crippen molar-refractivity contribution < 1.29 is 24.2 Å². The number of hydrogen-bond donors (Lipinski definition) is 1. The summed E-state index contributed by atoms with van der Waals surface area (Å²) in [6.45, 7) is 2.39. The molecule has 0 spiro atoms. The van der Waals surface area contributed by atoms with Crippen molar-refractivity contribution in [2.24, 2.45) is 0 Å². The fourth-order valence-electron chi connectivity index (χ4n) is 2.51. The van der Waals surface area contributed by atoms with Crippen LogP contribution in [-0.4, -0.2) is 28.8 Å². The average molecular weight is 369 g/mol. The molecule has 0 atom stereocenters. The number of aromatic carboxylic acids is 1. The lowest BCUT2D eigenvalue weighted by molar-refractivity contribution is -0.113. The second-order valence-corrected chi connectivity index (χ2v) is 6.33. The number of imide groups is 1. The third-order valence-electron chi connectivity index (χ3n) is 3.68. The van der Waals surface area contributed by atoms with Crippen LogP contribution in [0.2, 0.25) is 0 Å². The molecule has 0 bridgehead atoms. The molecular formula is C19H15NO5S. The highest BCUT2D eigenvalue weighted by Crippen LogP contribution is 2.36. The maximum absolute atomic E-state index is 12.6. The van der Waals surface area contributed by atoms with Crippen molar-refractivity contribution in [2.75, 3.05) is 11.5 Å². The van der Waals surface area contributed by atoms with Crippen LogP contribution in [0.3, 0.4) is 0 Å². The van der Waals surface area contributed by atoms with E-state index < -0.39 is 17.1 Å². The largest absolute Gasteiger partial charge is 0.494 e. The first-order valence-electron chi connectivity index (χ1n) is 7.84. The summed E-state index contributed by atoms with van der Waals surface area (Å²) in [5.41, 5.74) is 0.878. The third kappa shape index (κ3) is 3.48. The molecule has 0 radical (unpaired) electrons. The molecule has 2 aromatic carbocycles. The highest BCUT2D eigenvalue weighted by atomic mass is 32.2. The lowest BCUT2D eigenvalue weighted by Crippen LogP contribution is -2.27. The first-order chi connectivity index (χ1) is 12.5. The first-order valence-corrected chi connectivity index (χ1v) is 8.66. The number of thioether (sulfide) groups is 1. The van der Waals surface area contributed by atoms with Crippen molar-refractivity contribution in [2.45, 2.75) is 6.92 Å². The second kappa shape index (κ2) is 7.45. The summed E-state index contributed by atoms with van der Waals surface area (Å²) < 4.78 is 5.35. The minimum absolute atomic E-state index is 0.0698. The molecular weight excluding hydrogens is 354 g/mol. The lowest BCUT2D eigenvalue weighted by atomic mass is 10.1. The minimum atomic E-state index is -1.09. The topological polar surface area (TPSA) is 83.9 Å². The Balaban J connectivity index is 1.91. The van der Waals surface area contributed by atoms with Crippen LogP contribution < -0.4 is 9.64 Å². The summed E-state index contributed by atoms with van der Waals surface area (Å²) in [5.74, 6) is -0.930. The van der Waals surface area contributed by atoms with Gasteiger partial charge in [0.05, 0.1) is 22.8 Å². The molecule has 0 unspecified atom stereocenters. The molecule has 1 aliphatic heterocycles. The molecule has 1 N–H and O–H groups in total. The number of nitrogens with zero attached hydrogens (tertiary/aromatic N) is 1. The van der Waals surface area contributed by atoms with Crippen molar-refractivity contribution >= 4 is 40.6 Å². The van der Waals surface area contributed by atoms with Gasteiger partial charge in [0.15, 0.2) is 0 Å². The molecule has 1 heterocycles. The Labute approximate surface area is 154 Å². The maximum atomic E-state index is 12.6. The van der Waals surface area contributed by atoms with Gasteiger partial charge >= 0.3 is 5.97 Å². The van der Waals surface area contributed by atoms with Crippen molar-refractivity contribution in [1.82, 2.24) is 0 Å². The summed E-state index contributed by atoms with van der Waals surface area (Å²) in [6.07, 6.45) is 1.43. The van der Waals surface area contributed by atoms with Gasteiger partial charge in [0.2, 0.25) is 0 Å². The van der Waals surface area contributed by atoms with Gasteiger partial charge in [0, 0.05) is 0 Å². The summed E-state index contributed by atoms with van der Waals surface area (Å²) in [4.78, 5) is 37.5. The molecule has 26 heavy (non-hydrogen) atoms. The van der Waals surface area contributed by atoms with Crippen LogP contribution in [0.4, 0.5) is 10.5 Å². The molecule has 2 aromatic rings. The standard InChI is InChI=1S/C19H15NO5S/c1-2-25-14-9-7-13(8-10-14)20-17(21)16(26-19(20)24)11-12-5-3-4-6-15(12)18(22)23/h3-11H,2H2,1H3,(H,22,23)/b16-11+. The van der Waals surface area contributed by atoms with E-state index in [1.165, 1.54) is 12.1 Å². The van der Waals surface area contributed by atoms with E-state index in [1.54, 1.807) is 42.5 Å². The lowest BCUT2D eigenvalue weighted by Gasteiger charge is -2.13. The number of rotatable bonds is 5. The quantitative estimate of drug-likeness (QED) is 0.801. The smallest absolute Gasteiger partial charge is 0.336 e. The predicted octanol–water partition coefficient (Wildman–Crippen LogP) is 4.02. The van der Waals surface area contributed by atoms with E-state index in [1.807, 2.05) is 6.92 Å². The average Bonchev–Trinajstić information content (AvgIpc) is 2.90. The Morgan fingerprint density at radius 2 is 1.85 bits per heavy atom. The zero-order chi connectivity index (χ0) is 18.7. The predicted molar refractivity (Wildman–Crippen MR) is 99.5 cm³/mol. The van der Waals surface area contributed by atoms with E-state index in [4.69, 9.17) is 4.74 Å². The molecule has 1 aliphatic rings. The first kappa shape index (κ1) is 17.8. The summed E-state index contributed by atoms with van der Waals surface area (Å²) in [5, 5.41) is 8.81. The van der Waals surface area contributed by atoms with Gasteiger partial charge in [-0.25, -0.2) is 9.69 Å². The van der Waals surface area contributed by atoms with Gasteiger partial charge in [0.25, 0.3) is 11.1 Å². The highest BCUT2D eigenvalue weighted by Gasteiger charge is 2.36. The third-order valence-corrected chi connectivity index (χ3v) is 4.55. The van der Waals surface area contributed by atoms with Crippen LogP contribution in [0.5, 0.6) is 5.75 Å². The van der Waals surface area contributed by atoms with Crippen molar-refractivity contribution in [3.8, 4) is 5.75 Å². The van der Waals surface area contributed by atoms with Gasteiger partial charge in [0.1, 0.15) is 5.75 Å². The zero-order valence-electron chi connectivity index (χ0n) is 13.8. The van der Waals surface area contributed by atoms with Crippen molar-refractivity contribution in [1.29, 1.82) is 0 Å². The second-order valence-electron chi connectivity index (χ2n) is 5.34. The number of carbonyl (C=O) groups is 3. The molecule has 0 saturated carbocycles. The Kier molecular flexibility index (Phi) is 5.09. The van der Waals surface area contributed by atoms with Crippen molar-refractivity contribution in [3.63, 3.8) is 0 Å². The maximum Gasteiger partial charge on any atom is 0.336 e. The number of carboxylic acids is 1. The summed E-state index contributed by atoms with van der Waals surface area (Å²) >= 11 is 0.781. The van der Waals surface area contributed by atoms with E-state index >= 15 is 0 Å². The van der Waals surface area contributed by atoms with E-state index in [0.717, 1.165) is 16.7 Å². The number of carboxylic acid groups (broad SMARTS) is 1. The van der Waals surface area contributed by atoms with E-state index in [-0.39, 0.29) is 10.5 Å². The number of anilines is 1. The summed E-state index contributed by atoms with van der Waals surface area (Å²) in [6, 6.07) is 13.0. The molecule has 2 amide bonds. The molecule has 132 valence electrons. The summed E-state index contributed by atoms with van der Waals surface area (Å²) in [7, 11) is 0. The molecule has 1 fully saturated rings. The molecule has 3 rings (SSSR count). The Morgan fingerprint density at radius 1 is 1.15 bits per heavy atom. The fraction of sp³-hybridized carbons (Fsp3) is 0.105. The van der Waals surface area contributed by atoms with Crippen LogP contribution >= 0.6 is 11.8 Å². The fourth-order valence-corrected chi connectivity index (χ4v) is 3.34. The van der Waals surface area contributed by atoms with E-state index in [0.29, 0.717) is 23.6 Å². The van der Waals surface area contributed by atoms with Crippen molar-refractivity contribution in [3.05, 3.63) is 64.6 Å². The molecule has 1 saturated heterocycles. The molecule has 7 heteroatoms. The number of ether oxygens (including phenoxy) is 1. The van der Waals surface area contributed by atoms with Gasteiger partial charge < -0.3 is 9.84 Å². The Hall–Kier alpha value is -3.06. The number of benzene rings is 2. The van der Waals surface area contributed by atoms with Crippen LogP contribution in [0.1, 0.15) is 22.8 Å². The van der Waals surface area contributed by atoms with Crippen LogP contribution in [0.25, 0.3) is 6.08 Å². The van der Waals surface area contributed by atoms with Crippen LogP contribution in [0.15, 0.2) is 53.4 Å². The number of amides is 2. The van der Waals surface area contributed by atoms with Gasteiger partial charge in [-0.3, -0.25) is 9.59 Å². The van der Waals surface area contributed by atoms with Crippen LogP contribution in [0, 0.1) is 0 Å². The molecule has 6 nitrogen and oxygen atoms in total. The Bertz CT molecular complexity index is 904. The number of hydrogen-bond acceptors (Lipinski definition) is 5. The van der Waals surface area contributed by atoms with Gasteiger partial charge in [-0.2, -0.15) is 0 Å². The normalized spacial score (nSPS) is 15.6. The Morgan fingerprint density at radius 3 is 2.50 bits per heavy atom. The van der Waals surface area contributed by atoms with E-state index in [9.17, 15) is 19.5 Å². The zero-order valence-corrected chi connectivity index (χ0v) is 14.7. The highest BCUT2D eigenvalue weighted by molar-refractivity contribution is 8.19. The minimum Gasteiger partial charge on any atom is -0.494 e. The molecule has 0 aromatic heterocycles. The van der Waals surface area contributed by atoms with Gasteiger partial charge in [-0.05, 0) is 60.7 Å².